The molecule has 0 saturated carbocycles. The van der Waals surface area contributed by atoms with Crippen LogP contribution in [0.5, 0.6) is 0 Å². The first kappa shape index (κ1) is 57.4. The first-order chi connectivity index (χ1) is 37.3. The average Bonchev–Trinajstić information content (AvgIpc) is 4.09. The number of carbonyl (C=O) groups excluding carboxylic acids is 5. The van der Waals surface area contributed by atoms with Gasteiger partial charge in [-0.3, -0.25) is 33.7 Å². The van der Waals surface area contributed by atoms with Gasteiger partial charge in [-0.05, 0) is 110 Å². The summed E-state index contributed by atoms with van der Waals surface area (Å²) in [6.07, 6.45) is 0.321. The first-order valence-electron chi connectivity index (χ1n) is 27.4. The lowest BCUT2D eigenvalue weighted by Gasteiger charge is -2.40. The Balaban J connectivity index is 0.889. The maximum absolute atomic E-state index is 14.3. The number of nitrogens with zero attached hydrogens (tertiary/aromatic N) is 5. The highest BCUT2D eigenvalue weighted by atomic mass is 32.1. The Morgan fingerprint density at radius 1 is 0.859 bits per heavy atom. The van der Waals surface area contributed by atoms with Crippen molar-refractivity contribution < 1.29 is 33.8 Å². The van der Waals surface area contributed by atoms with Crippen molar-refractivity contribution in [3.8, 4) is 21.6 Å². The number of benzene rings is 3. The van der Waals surface area contributed by atoms with Gasteiger partial charge < -0.3 is 45.5 Å². The molecule has 17 nitrogen and oxygen atoms in total. The molecular weight excluding hydrogens is 1010 g/mol. The second kappa shape index (κ2) is 25.4. The second-order valence-electron chi connectivity index (χ2n) is 22.2. The summed E-state index contributed by atoms with van der Waals surface area (Å²) in [5, 5.41) is 19.6. The molecule has 18 heteroatoms. The van der Waals surface area contributed by atoms with E-state index in [0.29, 0.717) is 43.6 Å². The van der Waals surface area contributed by atoms with Crippen molar-refractivity contribution in [1.82, 2.24) is 40.6 Å². The zero-order valence-corrected chi connectivity index (χ0v) is 47.3. The fourth-order valence-corrected chi connectivity index (χ4v) is 11.8. The molecule has 0 unspecified atom stereocenters. The van der Waals surface area contributed by atoms with E-state index in [1.165, 1.54) is 10.5 Å². The minimum atomic E-state index is -1.02. The molecule has 416 valence electrons. The number of aryl methyl sites for hydroxylation is 3. The van der Waals surface area contributed by atoms with Crippen LogP contribution in [0.1, 0.15) is 109 Å². The molecule has 3 aromatic carbocycles. The van der Waals surface area contributed by atoms with Crippen molar-refractivity contribution in [2.75, 3.05) is 57.4 Å². The number of hydrogen-bond acceptors (Lipinski definition) is 12. The molecule has 3 atom stereocenters. The fraction of sp³-hybridized carbons (Fsp3) is 0.483. The van der Waals surface area contributed by atoms with Crippen LogP contribution in [-0.2, 0) is 43.5 Å². The van der Waals surface area contributed by atoms with E-state index in [1.54, 1.807) is 16.2 Å². The molecule has 3 saturated heterocycles. The third-order valence-corrected chi connectivity index (χ3v) is 16.5. The lowest BCUT2D eigenvalue weighted by atomic mass is 9.85. The highest BCUT2D eigenvalue weighted by Crippen LogP contribution is 2.35. The van der Waals surface area contributed by atoms with Crippen LogP contribution in [0.2, 0.25) is 0 Å². The van der Waals surface area contributed by atoms with E-state index in [2.05, 4.69) is 73.0 Å². The number of H-pyrrole nitrogens is 1. The number of morpholine rings is 1. The highest BCUT2D eigenvalue weighted by Gasteiger charge is 2.44. The van der Waals surface area contributed by atoms with Gasteiger partial charge in [-0.25, -0.2) is 4.98 Å². The number of aliphatic hydroxyl groups is 1. The predicted octanol–water partition coefficient (Wildman–Crippen LogP) is 6.57. The second-order valence-corrected chi connectivity index (χ2v) is 23.1. The Morgan fingerprint density at radius 3 is 2.18 bits per heavy atom. The molecule has 0 aliphatic carbocycles. The number of piperidine rings is 1. The fourth-order valence-electron chi connectivity index (χ4n) is 11.0. The van der Waals surface area contributed by atoms with Gasteiger partial charge in [0.1, 0.15) is 12.1 Å². The smallest absolute Gasteiger partial charge is 0.253 e. The molecule has 0 bridgehead atoms. The van der Waals surface area contributed by atoms with Gasteiger partial charge >= 0.3 is 0 Å². The summed E-state index contributed by atoms with van der Waals surface area (Å²) in [5.74, 6) is -1.75. The van der Waals surface area contributed by atoms with Gasteiger partial charge in [0.2, 0.25) is 23.6 Å². The number of carbonyl (C=O) groups is 5. The molecule has 5 aromatic rings. The molecule has 8 rings (SSSR count). The molecule has 2 aromatic heterocycles. The van der Waals surface area contributed by atoms with E-state index in [1.807, 2.05) is 90.4 Å². The summed E-state index contributed by atoms with van der Waals surface area (Å²) in [5.41, 5.74) is 11.1. The van der Waals surface area contributed by atoms with Crippen LogP contribution in [0.4, 0.5) is 5.69 Å². The third kappa shape index (κ3) is 13.9. The zero-order chi connectivity index (χ0) is 55.8. The van der Waals surface area contributed by atoms with Crippen molar-refractivity contribution >= 4 is 46.6 Å². The molecule has 5 N–H and O–H groups in total. The predicted molar refractivity (Wildman–Crippen MR) is 304 cm³/mol. The van der Waals surface area contributed by atoms with Gasteiger partial charge in [0.15, 0.2) is 0 Å². The van der Waals surface area contributed by atoms with E-state index in [9.17, 15) is 33.9 Å². The number of nitrogens with one attached hydrogen (secondary N) is 4. The van der Waals surface area contributed by atoms with Crippen LogP contribution < -0.4 is 26.4 Å². The molecule has 5 heterocycles. The summed E-state index contributed by atoms with van der Waals surface area (Å²) in [6, 6.07) is 20.4. The summed E-state index contributed by atoms with van der Waals surface area (Å²) < 4.78 is 5.55. The maximum Gasteiger partial charge on any atom is 0.253 e. The van der Waals surface area contributed by atoms with Crippen LogP contribution in [0, 0.1) is 33.1 Å². The van der Waals surface area contributed by atoms with Gasteiger partial charge in [-0.15, -0.1) is 11.3 Å². The number of rotatable bonds is 18. The van der Waals surface area contributed by atoms with Gasteiger partial charge in [0.25, 0.3) is 11.5 Å². The van der Waals surface area contributed by atoms with E-state index < -0.39 is 35.4 Å². The van der Waals surface area contributed by atoms with Crippen LogP contribution in [0.25, 0.3) is 21.6 Å². The SMILES string of the molecule is CCN(c1cc(-c2ccc(CN3CCOCC3)cc2)cc(C(=O)NCc2c(C)cc(C)[nH]c2=O)c1C)C1CCN(C(=O)CCC(=O)N[C@H](C(=O)N2C[C@H](O)C[C@H]2C(=O)NCc2ccc(-c3scnc3C)cc2)C(C)(C)C)CC1. The van der Waals surface area contributed by atoms with Crippen molar-refractivity contribution in [3.05, 3.63) is 127 Å². The topological polar surface area (TPSA) is 210 Å². The van der Waals surface area contributed by atoms with E-state index >= 15 is 0 Å². The number of aliphatic hydroxyl groups excluding tert-OH is 1. The minimum absolute atomic E-state index is 0.0455. The van der Waals surface area contributed by atoms with E-state index in [0.717, 1.165) is 88.2 Å². The minimum Gasteiger partial charge on any atom is -0.391 e. The van der Waals surface area contributed by atoms with Crippen molar-refractivity contribution in [2.45, 2.75) is 131 Å². The van der Waals surface area contributed by atoms with Crippen molar-refractivity contribution in [2.24, 2.45) is 5.41 Å². The number of thiazole rings is 1. The largest absolute Gasteiger partial charge is 0.391 e. The lowest BCUT2D eigenvalue weighted by Crippen LogP contribution is -2.57. The summed E-state index contributed by atoms with van der Waals surface area (Å²) in [7, 11) is 0. The Morgan fingerprint density at radius 2 is 1.54 bits per heavy atom. The van der Waals surface area contributed by atoms with Crippen LogP contribution >= 0.6 is 11.3 Å². The van der Waals surface area contributed by atoms with Gasteiger partial charge in [0, 0.05) is 107 Å². The third-order valence-electron chi connectivity index (χ3n) is 15.5. The maximum atomic E-state index is 14.3. The molecule has 0 spiro atoms. The van der Waals surface area contributed by atoms with Gasteiger partial charge in [0.05, 0.1) is 35.4 Å². The standard InChI is InChI=1S/C60H77N9O8S/c1-9-68(50-30-45(43-14-12-42(13-15-43)34-66-24-26-77-27-25-66)29-48(39(50)4)56(73)62-33-49-37(2)28-38(3)64-57(49)74)46-20-22-67(23-21-46)53(72)19-18-52(71)65-55(60(6,7)8)59(76)69-35-47(70)31-51(69)58(75)61-32-41-10-16-44(17-11-41)54-40(5)63-36-78-54/h10-17,28-30,36,46-47,51,55,70H,9,18-27,31-35H2,1-8H3,(H,61,75)(H,62,73)(H,64,74)(H,65,71)/t47-,51+,55-/m1/s1. The average molecular weight is 1080 g/mol. The molecular formula is C60H77N9O8S. The molecule has 78 heavy (non-hydrogen) atoms. The Bertz CT molecular complexity index is 3010. The monoisotopic (exact) mass is 1080 g/mol. The zero-order valence-electron chi connectivity index (χ0n) is 46.5. The van der Waals surface area contributed by atoms with Gasteiger partial charge in [-0.1, -0.05) is 69.3 Å². The molecule has 3 aliphatic rings. The van der Waals surface area contributed by atoms with Crippen LogP contribution in [0.3, 0.4) is 0 Å². The number of β-amino-alcohol motifs (C(OH)–C–C–N with tert-alkyl or cyclic N) is 1. The van der Waals surface area contributed by atoms with Crippen LogP contribution in [-0.4, -0.2) is 136 Å². The quantitative estimate of drug-likeness (QED) is 0.0634. The summed E-state index contributed by atoms with van der Waals surface area (Å²) in [4.78, 5) is 98.6. The molecule has 5 amide bonds. The number of anilines is 1. The van der Waals surface area contributed by atoms with E-state index in [-0.39, 0.29) is 68.2 Å². The molecule has 3 fully saturated rings. The Labute approximate surface area is 462 Å². The number of aromatic nitrogens is 2. The van der Waals surface area contributed by atoms with Crippen molar-refractivity contribution in [1.29, 1.82) is 0 Å². The Hall–Kier alpha value is -6.73. The lowest BCUT2D eigenvalue weighted by molar-refractivity contribution is -0.144. The number of likely N-dealkylation sites (tertiary alicyclic amines) is 2. The van der Waals surface area contributed by atoms with Crippen molar-refractivity contribution in [3.63, 3.8) is 0 Å². The normalized spacial score (nSPS) is 17.7. The van der Waals surface area contributed by atoms with Crippen LogP contribution in [0.15, 0.2) is 77.0 Å². The van der Waals surface area contributed by atoms with Gasteiger partial charge in [-0.2, -0.15) is 0 Å². The molecule has 3 aliphatic heterocycles. The number of hydrogen-bond donors (Lipinski definition) is 5. The first-order valence-corrected chi connectivity index (χ1v) is 28.3. The summed E-state index contributed by atoms with van der Waals surface area (Å²) in [6.45, 7) is 21.1. The Kier molecular flexibility index (Phi) is 18.7. The highest BCUT2D eigenvalue weighted by molar-refractivity contribution is 7.13. The number of ether oxygens (including phenoxy) is 1. The summed E-state index contributed by atoms with van der Waals surface area (Å²) >= 11 is 1.57. The molecule has 0 radical (unpaired) electrons. The van der Waals surface area contributed by atoms with E-state index in [4.69, 9.17) is 4.74 Å². The number of amides is 5. The number of aromatic amines is 1. The number of pyridine rings is 1.